The minimum Gasteiger partial charge on any atom is -0.375 e. The molecule has 0 radical (unpaired) electrons. The summed E-state index contributed by atoms with van der Waals surface area (Å²) in [6.45, 7) is 0. The second-order valence-electron chi connectivity index (χ2n) is 3.70. The predicted molar refractivity (Wildman–Crippen MR) is 74.4 cm³/mol. The molecule has 86 valence electrons. The maximum absolute atomic E-state index is 11.2. The molecule has 0 bridgehead atoms. The average Bonchev–Trinajstić information content (AvgIpc) is 2.23. The maximum atomic E-state index is 11.2. The number of rotatable bonds is 2. The first-order valence-corrected chi connectivity index (χ1v) is 8.88. The first-order valence-electron chi connectivity index (χ1n) is 4.93. The minimum atomic E-state index is -3.52. The molecule has 0 aliphatic heterocycles. The molecule has 17 heavy (non-hydrogen) atoms. The van der Waals surface area contributed by atoms with Gasteiger partial charge in [0.05, 0.1) is 0 Å². The minimum absolute atomic E-state index is 0.399. The molecule has 2 aromatic rings. The quantitative estimate of drug-likeness (QED) is 0.521. The molecule has 0 amide bonds. The van der Waals surface area contributed by atoms with Crippen molar-refractivity contribution in [3.05, 3.63) is 42.5 Å². The topological polar surface area (TPSA) is 43.4 Å². The lowest BCUT2D eigenvalue weighted by molar-refractivity contribution is 0.508. The lowest BCUT2D eigenvalue weighted by Gasteiger charge is -2.25. The summed E-state index contributed by atoms with van der Waals surface area (Å²) in [4.78, 5) is 0. The van der Waals surface area contributed by atoms with Crippen LogP contribution in [0.4, 0.5) is 0 Å². The van der Waals surface area contributed by atoms with Crippen molar-refractivity contribution in [3.63, 3.8) is 0 Å². The molecule has 0 aromatic heterocycles. The third-order valence-electron chi connectivity index (χ3n) is 2.70. The van der Waals surface area contributed by atoms with Crippen LogP contribution in [0, 0.1) is 0 Å². The predicted octanol–water partition coefficient (Wildman–Crippen LogP) is 3.39. The summed E-state index contributed by atoms with van der Waals surface area (Å²) in [5.74, 6) is 0.399. The molecule has 1 aliphatic rings. The van der Waals surface area contributed by atoms with E-state index in [0.717, 1.165) is 22.3 Å². The van der Waals surface area contributed by atoms with Gasteiger partial charge in [0.15, 0.2) is 5.75 Å². The fraction of sp³-hybridized carbons (Fsp3) is 0. The van der Waals surface area contributed by atoms with Gasteiger partial charge in [-0.3, -0.25) is 0 Å². The van der Waals surface area contributed by atoms with Crippen molar-refractivity contribution < 1.29 is 12.6 Å². The Balaban J connectivity index is 2.15. The van der Waals surface area contributed by atoms with Crippen LogP contribution in [0.1, 0.15) is 0 Å². The highest BCUT2D eigenvalue weighted by atomic mass is 127. The molecule has 3 rings (SSSR count). The van der Waals surface area contributed by atoms with E-state index in [-0.39, 0.29) is 0 Å². The molecule has 0 N–H and O–H groups in total. The Morgan fingerprint density at radius 3 is 2.24 bits per heavy atom. The Morgan fingerprint density at radius 1 is 0.882 bits per heavy atom. The average molecular weight is 358 g/mol. The lowest BCUT2D eigenvalue weighted by atomic mass is 9.80. The number of benzene rings is 2. The number of hydrogen-bond donors (Lipinski definition) is 0. The molecule has 2 aromatic carbocycles. The summed E-state index contributed by atoms with van der Waals surface area (Å²) >= 11 is 1.28. The normalized spacial score (nSPS) is 12.3. The van der Waals surface area contributed by atoms with Gasteiger partial charge in [-0.1, -0.05) is 36.4 Å². The van der Waals surface area contributed by atoms with E-state index in [4.69, 9.17) is 4.18 Å². The zero-order chi connectivity index (χ0) is 12.0. The zero-order valence-electron chi connectivity index (χ0n) is 8.55. The Hall–Kier alpha value is -1.08. The van der Waals surface area contributed by atoms with Crippen molar-refractivity contribution in [1.29, 1.82) is 0 Å². The second-order valence-corrected chi connectivity index (χ2v) is 7.89. The molecule has 0 unspecified atom stereocenters. The zero-order valence-corrected chi connectivity index (χ0v) is 11.5. The molecule has 0 saturated heterocycles. The molecular formula is C12H7IO3S. The van der Waals surface area contributed by atoms with Gasteiger partial charge in [0.25, 0.3) is 0 Å². The third-order valence-corrected chi connectivity index (χ3v) is 3.62. The lowest BCUT2D eigenvalue weighted by Crippen LogP contribution is -2.05. The van der Waals surface area contributed by atoms with E-state index in [1.54, 1.807) is 12.1 Å². The largest absolute Gasteiger partial charge is 0.375 e. The van der Waals surface area contributed by atoms with Crippen LogP contribution in [0.5, 0.6) is 5.75 Å². The molecule has 0 fully saturated rings. The van der Waals surface area contributed by atoms with Crippen molar-refractivity contribution in [2.45, 2.75) is 0 Å². The highest BCUT2D eigenvalue weighted by Crippen LogP contribution is 2.51. The fourth-order valence-corrected chi connectivity index (χ4v) is 3.02. The highest BCUT2D eigenvalue weighted by Gasteiger charge is 2.26. The Kier molecular flexibility index (Phi) is 2.41. The van der Waals surface area contributed by atoms with Gasteiger partial charge in [-0.15, -0.1) is 0 Å². The monoisotopic (exact) mass is 358 g/mol. The summed E-state index contributed by atoms with van der Waals surface area (Å²) in [5, 5.41) is 0. The Labute approximate surface area is 111 Å². The Morgan fingerprint density at radius 2 is 1.53 bits per heavy atom. The van der Waals surface area contributed by atoms with Crippen molar-refractivity contribution in [3.8, 4) is 28.0 Å². The Bertz CT molecular complexity index is 707. The second kappa shape index (κ2) is 3.71. The van der Waals surface area contributed by atoms with Crippen LogP contribution in [-0.2, 0) is 7.29 Å². The van der Waals surface area contributed by atoms with Gasteiger partial charge in [0, 0.05) is 5.56 Å². The van der Waals surface area contributed by atoms with Gasteiger partial charge in [-0.2, -0.15) is 8.42 Å². The summed E-state index contributed by atoms with van der Waals surface area (Å²) in [7, 11) is -3.52. The van der Waals surface area contributed by atoms with E-state index in [1.807, 2.05) is 30.3 Å². The van der Waals surface area contributed by atoms with Crippen LogP contribution in [0.2, 0.25) is 0 Å². The van der Waals surface area contributed by atoms with Crippen LogP contribution in [-0.4, -0.2) is 8.42 Å². The molecule has 0 saturated carbocycles. The van der Waals surface area contributed by atoms with Crippen LogP contribution in [0.15, 0.2) is 42.5 Å². The van der Waals surface area contributed by atoms with Crippen LogP contribution in [0.3, 0.4) is 0 Å². The van der Waals surface area contributed by atoms with E-state index in [0.29, 0.717) is 5.75 Å². The molecule has 5 heteroatoms. The van der Waals surface area contributed by atoms with Gasteiger partial charge in [-0.05, 0) is 22.8 Å². The van der Waals surface area contributed by atoms with Gasteiger partial charge in [0.1, 0.15) is 21.2 Å². The van der Waals surface area contributed by atoms with Gasteiger partial charge in [0.2, 0.25) is 0 Å². The summed E-state index contributed by atoms with van der Waals surface area (Å²) in [6.07, 6.45) is 0. The number of fused-ring (bicyclic) bond motifs is 4. The fourth-order valence-electron chi connectivity index (χ4n) is 2.08. The highest BCUT2D eigenvalue weighted by molar-refractivity contribution is 14.2. The molecule has 0 spiro atoms. The van der Waals surface area contributed by atoms with E-state index in [9.17, 15) is 8.42 Å². The van der Waals surface area contributed by atoms with E-state index < -0.39 is 7.29 Å². The van der Waals surface area contributed by atoms with Crippen molar-refractivity contribution in [1.82, 2.24) is 0 Å². The molecule has 0 heterocycles. The molecular weight excluding hydrogens is 351 g/mol. The SMILES string of the molecule is O=S(=O)(I)Oc1cccc2c1-c1ccccc1-2. The van der Waals surface area contributed by atoms with Gasteiger partial charge in [-0.25, -0.2) is 0 Å². The van der Waals surface area contributed by atoms with Crippen molar-refractivity contribution >= 4 is 28.5 Å². The summed E-state index contributed by atoms with van der Waals surface area (Å²) in [6, 6.07) is 13.3. The first kappa shape index (κ1) is 11.0. The summed E-state index contributed by atoms with van der Waals surface area (Å²) in [5.41, 5.74) is 4.10. The van der Waals surface area contributed by atoms with Crippen LogP contribution >= 0.6 is 21.2 Å². The van der Waals surface area contributed by atoms with Crippen LogP contribution < -0.4 is 4.18 Å². The maximum Gasteiger partial charge on any atom is 0.364 e. The smallest absolute Gasteiger partial charge is 0.364 e. The third kappa shape index (κ3) is 1.83. The van der Waals surface area contributed by atoms with Crippen molar-refractivity contribution in [2.24, 2.45) is 0 Å². The number of halogens is 1. The van der Waals surface area contributed by atoms with E-state index >= 15 is 0 Å². The van der Waals surface area contributed by atoms with E-state index in [1.165, 1.54) is 21.2 Å². The molecule has 3 nitrogen and oxygen atoms in total. The van der Waals surface area contributed by atoms with Gasteiger partial charge >= 0.3 is 7.29 Å². The number of hydrogen-bond acceptors (Lipinski definition) is 3. The van der Waals surface area contributed by atoms with Crippen LogP contribution in [0.25, 0.3) is 22.3 Å². The molecule has 1 aliphatic carbocycles. The summed E-state index contributed by atoms with van der Waals surface area (Å²) < 4.78 is 27.3. The van der Waals surface area contributed by atoms with Gasteiger partial charge < -0.3 is 4.18 Å². The van der Waals surface area contributed by atoms with E-state index in [2.05, 4.69) is 0 Å². The standard InChI is InChI=1S/C12H7IO3S/c13-17(14,15)16-11-7-3-6-10-8-4-1-2-5-9(8)12(10)11/h1-7H. The molecule has 0 atom stereocenters. The van der Waals surface area contributed by atoms with Crippen molar-refractivity contribution in [2.75, 3.05) is 0 Å². The first-order chi connectivity index (χ1) is 8.06.